The Balaban J connectivity index is 1.25. The quantitative estimate of drug-likeness (QED) is 0.408. The molecule has 0 bridgehead atoms. The summed E-state index contributed by atoms with van der Waals surface area (Å²) in [5, 5.41) is 16.1. The first-order valence-corrected chi connectivity index (χ1v) is 12.3. The van der Waals surface area contributed by atoms with Gasteiger partial charge in [-0.25, -0.2) is 9.37 Å². The molecule has 0 unspecified atom stereocenters. The molecule has 0 aliphatic carbocycles. The molecule has 5 rings (SSSR count). The SMILES string of the molecule is O=C(Cc1csc(NC(=O)c2ccccc2)n1)Nc1cc(-c2nnc3n2CCCCC3)ccc1F. The molecule has 0 atom stereocenters. The number of carbonyl (C=O) groups excluding carboxylic acids is 2. The number of rotatable bonds is 6. The Morgan fingerprint density at radius 1 is 1.03 bits per heavy atom. The zero-order chi connectivity index (χ0) is 24.2. The Bertz CT molecular complexity index is 1370. The van der Waals surface area contributed by atoms with Gasteiger partial charge in [0.2, 0.25) is 5.91 Å². The molecule has 3 heterocycles. The first-order chi connectivity index (χ1) is 17.1. The lowest BCUT2D eigenvalue weighted by Crippen LogP contribution is -2.16. The molecule has 10 heteroatoms. The van der Waals surface area contributed by atoms with Crippen LogP contribution < -0.4 is 10.6 Å². The van der Waals surface area contributed by atoms with E-state index < -0.39 is 11.7 Å². The molecule has 0 saturated heterocycles. The summed E-state index contributed by atoms with van der Waals surface area (Å²) in [6, 6.07) is 13.4. The molecule has 178 valence electrons. The molecule has 4 aromatic rings. The van der Waals surface area contributed by atoms with Crippen LogP contribution in [0.2, 0.25) is 0 Å². The van der Waals surface area contributed by atoms with Gasteiger partial charge in [-0.05, 0) is 43.2 Å². The van der Waals surface area contributed by atoms with Gasteiger partial charge in [0.25, 0.3) is 5.91 Å². The summed E-state index contributed by atoms with van der Waals surface area (Å²) in [7, 11) is 0. The van der Waals surface area contributed by atoms with Crippen LogP contribution in [0.15, 0.2) is 53.9 Å². The van der Waals surface area contributed by atoms with Gasteiger partial charge in [-0.2, -0.15) is 0 Å². The van der Waals surface area contributed by atoms with Crippen LogP contribution >= 0.6 is 11.3 Å². The maximum absolute atomic E-state index is 14.5. The lowest BCUT2D eigenvalue weighted by atomic mass is 10.1. The maximum atomic E-state index is 14.5. The van der Waals surface area contributed by atoms with Crippen LogP contribution in [0.5, 0.6) is 0 Å². The van der Waals surface area contributed by atoms with Crippen molar-refractivity contribution < 1.29 is 14.0 Å². The Morgan fingerprint density at radius 3 is 2.74 bits per heavy atom. The highest BCUT2D eigenvalue weighted by Crippen LogP contribution is 2.27. The van der Waals surface area contributed by atoms with E-state index in [1.807, 2.05) is 6.07 Å². The highest BCUT2D eigenvalue weighted by Gasteiger charge is 2.18. The number of benzene rings is 2. The van der Waals surface area contributed by atoms with Crippen molar-refractivity contribution in [1.82, 2.24) is 19.7 Å². The fourth-order valence-electron chi connectivity index (χ4n) is 4.02. The second-order valence-corrected chi connectivity index (χ2v) is 9.14. The number of carbonyl (C=O) groups is 2. The van der Waals surface area contributed by atoms with E-state index in [1.54, 1.807) is 41.8 Å². The molecule has 0 saturated carbocycles. The molecule has 35 heavy (non-hydrogen) atoms. The monoisotopic (exact) mass is 490 g/mol. The summed E-state index contributed by atoms with van der Waals surface area (Å²) < 4.78 is 16.6. The van der Waals surface area contributed by atoms with E-state index in [0.717, 1.165) is 38.1 Å². The second-order valence-electron chi connectivity index (χ2n) is 8.29. The first kappa shape index (κ1) is 22.9. The molecular formula is C25H23FN6O2S. The molecule has 1 aliphatic rings. The molecular weight excluding hydrogens is 467 g/mol. The van der Waals surface area contributed by atoms with E-state index in [-0.39, 0.29) is 18.0 Å². The highest BCUT2D eigenvalue weighted by molar-refractivity contribution is 7.14. The lowest BCUT2D eigenvalue weighted by molar-refractivity contribution is -0.115. The zero-order valence-electron chi connectivity index (χ0n) is 18.8. The van der Waals surface area contributed by atoms with Crippen LogP contribution in [-0.2, 0) is 24.2 Å². The number of hydrogen-bond acceptors (Lipinski definition) is 6. The van der Waals surface area contributed by atoms with Crippen molar-refractivity contribution in [2.45, 2.75) is 38.6 Å². The van der Waals surface area contributed by atoms with E-state index in [4.69, 9.17) is 0 Å². The minimum atomic E-state index is -0.535. The van der Waals surface area contributed by atoms with Gasteiger partial charge in [0, 0.05) is 29.5 Å². The summed E-state index contributed by atoms with van der Waals surface area (Å²) in [4.78, 5) is 29.2. The fourth-order valence-corrected chi connectivity index (χ4v) is 4.73. The van der Waals surface area contributed by atoms with Crippen molar-refractivity contribution in [2.75, 3.05) is 10.6 Å². The van der Waals surface area contributed by atoms with Gasteiger partial charge < -0.3 is 9.88 Å². The summed E-state index contributed by atoms with van der Waals surface area (Å²) >= 11 is 1.22. The van der Waals surface area contributed by atoms with Crippen LogP contribution in [0.3, 0.4) is 0 Å². The first-order valence-electron chi connectivity index (χ1n) is 11.4. The van der Waals surface area contributed by atoms with E-state index in [0.29, 0.717) is 27.8 Å². The average Bonchev–Trinajstić information content (AvgIpc) is 3.40. The van der Waals surface area contributed by atoms with Gasteiger partial charge >= 0.3 is 0 Å². The van der Waals surface area contributed by atoms with Crippen LogP contribution in [0.1, 0.15) is 41.1 Å². The minimum Gasteiger partial charge on any atom is -0.323 e. The Kier molecular flexibility index (Phi) is 6.62. The molecule has 0 fully saturated rings. The van der Waals surface area contributed by atoms with Crippen molar-refractivity contribution in [2.24, 2.45) is 0 Å². The molecule has 2 amide bonds. The number of anilines is 2. The second kappa shape index (κ2) is 10.1. The van der Waals surface area contributed by atoms with Crippen LogP contribution in [-0.4, -0.2) is 31.6 Å². The predicted molar refractivity (Wildman–Crippen MR) is 132 cm³/mol. The molecule has 2 aromatic heterocycles. The third-order valence-electron chi connectivity index (χ3n) is 5.76. The van der Waals surface area contributed by atoms with Gasteiger partial charge in [-0.3, -0.25) is 14.9 Å². The Labute approximate surface area is 205 Å². The maximum Gasteiger partial charge on any atom is 0.257 e. The van der Waals surface area contributed by atoms with Crippen molar-refractivity contribution >= 4 is 34.0 Å². The van der Waals surface area contributed by atoms with Crippen LogP contribution in [0, 0.1) is 5.82 Å². The molecule has 0 radical (unpaired) electrons. The topological polar surface area (TPSA) is 102 Å². The summed E-state index contributed by atoms with van der Waals surface area (Å²) in [6.07, 6.45) is 4.09. The van der Waals surface area contributed by atoms with Gasteiger partial charge in [0.05, 0.1) is 17.8 Å². The third-order valence-corrected chi connectivity index (χ3v) is 6.56. The number of nitrogens with zero attached hydrogens (tertiary/aromatic N) is 4. The van der Waals surface area contributed by atoms with E-state index in [9.17, 15) is 14.0 Å². The number of thiazole rings is 1. The smallest absolute Gasteiger partial charge is 0.257 e. The minimum absolute atomic E-state index is 0.0539. The molecule has 2 N–H and O–H groups in total. The molecule has 0 spiro atoms. The number of fused-ring (bicyclic) bond motifs is 1. The molecule has 8 nitrogen and oxygen atoms in total. The van der Waals surface area contributed by atoms with Gasteiger partial charge in [-0.15, -0.1) is 21.5 Å². The van der Waals surface area contributed by atoms with Crippen LogP contribution in [0.25, 0.3) is 11.4 Å². The Hall–Kier alpha value is -3.92. The normalized spacial score (nSPS) is 13.1. The van der Waals surface area contributed by atoms with E-state index in [2.05, 4.69) is 30.4 Å². The average molecular weight is 491 g/mol. The number of amides is 2. The van der Waals surface area contributed by atoms with Gasteiger partial charge in [0.1, 0.15) is 11.6 Å². The van der Waals surface area contributed by atoms with Crippen molar-refractivity contribution in [3.8, 4) is 11.4 Å². The van der Waals surface area contributed by atoms with Crippen molar-refractivity contribution in [3.63, 3.8) is 0 Å². The number of aryl methyl sites for hydroxylation is 1. The predicted octanol–water partition coefficient (Wildman–Crippen LogP) is 4.70. The number of nitrogens with one attached hydrogen (secondary N) is 2. The zero-order valence-corrected chi connectivity index (χ0v) is 19.6. The standard InChI is InChI=1S/C25H23FN6O2S/c26-19-11-10-17(23-31-30-21-9-5-2-6-12-32(21)23)13-20(19)28-22(33)14-18-15-35-25(27-18)29-24(34)16-7-3-1-4-8-16/h1,3-4,7-8,10-11,13,15H,2,5-6,9,12,14H2,(H,28,33)(H,27,29,34). The largest absolute Gasteiger partial charge is 0.323 e. The molecule has 1 aliphatic heterocycles. The third kappa shape index (κ3) is 5.27. The number of aromatic nitrogens is 4. The highest BCUT2D eigenvalue weighted by atomic mass is 32.1. The van der Waals surface area contributed by atoms with E-state index >= 15 is 0 Å². The lowest BCUT2D eigenvalue weighted by Gasteiger charge is -2.10. The summed E-state index contributed by atoms with van der Waals surface area (Å²) in [6.45, 7) is 0.823. The van der Waals surface area contributed by atoms with Crippen molar-refractivity contribution in [1.29, 1.82) is 0 Å². The molecule has 2 aromatic carbocycles. The van der Waals surface area contributed by atoms with Crippen molar-refractivity contribution in [3.05, 3.63) is 76.8 Å². The Morgan fingerprint density at radius 2 is 1.89 bits per heavy atom. The van der Waals surface area contributed by atoms with Gasteiger partial charge in [0.15, 0.2) is 11.0 Å². The van der Waals surface area contributed by atoms with E-state index in [1.165, 1.54) is 17.4 Å². The van der Waals surface area contributed by atoms with Gasteiger partial charge in [-0.1, -0.05) is 24.6 Å². The summed E-state index contributed by atoms with van der Waals surface area (Å²) in [5.74, 6) is 0.391. The fraction of sp³-hybridized carbons (Fsp3) is 0.240. The number of hydrogen-bond donors (Lipinski definition) is 2. The number of halogens is 1. The van der Waals surface area contributed by atoms with Crippen LogP contribution in [0.4, 0.5) is 15.2 Å². The summed E-state index contributed by atoms with van der Waals surface area (Å²) in [5.41, 5.74) is 1.77.